The molecule has 0 saturated heterocycles. The Morgan fingerprint density at radius 3 is 2.50 bits per heavy atom. The predicted molar refractivity (Wildman–Crippen MR) is 55.5 cm³/mol. The smallest absolute Gasteiger partial charge is 0.280 e. The van der Waals surface area contributed by atoms with Crippen molar-refractivity contribution in [3.63, 3.8) is 0 Å². The number of nitrogens with zero attached hydrogens (tertiary/aromatic N) is 1. The Kier molecular flexibility index (Phi) is 3.00. The molecule has 1 aromatic carbocycles. The van der Waals surface area contributed by atoms with Gasteiger partial charge in [0.2, 0.25) is 0 Å². The first-order valence-electron chi connectivity index (χ1n) is 3.89. The predicted octanol–water partition coefficient (Wildman–Crippen LogP) is 2.87. The molecule has 0 amide bonds. The van der Waals surface area contributed by atoms with Gasteiger partial charge in [-0.25, -0.2) is 0 Å². The molecule has 0 bridgehead atoms. The zero-order valence-electron chi connectivity index (χ0n) is 7.70. The van der Waals surface area contributed by atoms with Crippen molar-refractivity contribution >= 4 is 27.4 Å². The number of ketones is 1. The zero-order chi connectivity index (χ0) is 10.9. The minimum absolute atomic E-state index is 0.132. The highest BCUT2D eigenvalue weighted by Crippen LogP contribution is 2.26. The van der Waals surface area contributed by atoms with Gasteiger partial charge in [0.15, 0.2) is 5.78 Å². The monoisotopic (exact) mass is 257 g/mol. The van der Waals surface area contributed by atoms with E-state index in [9.17, 15) is 14.9 Å². The highest BCUT2D eigenvalue weighted by Gasteiger charge is 2.18. The number of carbonyl (C=O) groups is 1. The summed E-state index contributed by atoms with van der Waals surface area (Å²) in [5.74, 6) is -0.308. The van der Waals surface area contributed by atoms with Crippen molar-refractivity contribution in [3.05, 3.63) is 37.8 Å². The molecule has 4 nitrogen and oxygen atoms in total. The molecule has 74 valence electrons. The van der Waals surface area contributed by atoms with Crippen molar-refractivity contribution < 1.29 is 9.72 Å². The van der Waals surface area contributed by atoms with Gasteiger partial charge in [-0.2, -0.15) is 0 Å². The van der Waals surface area contributed by atoms with Crippen molar-refractivity contribution in [1.29, 1.82) is 0 Å². The molecular formula is C9H8BrNO3. The number of aryl methyl sites for hydroxylation is 1. The van der Waals surface area contributed by atoms with E-state index in [1.165, 1.54) is 19.1 Å². The summed E-state index contributed by atoms with van der Waals surface area (Å²) in [5.41, 5.74) is 0.729. The molecule has 1 rings (SSSR count). The molecule has 5 heteroatoms. The van der Waals surface area contributed by atoms with Gasteiger partial charge in [-0.3, -0.25) is 14.9 Å². The van der Waals surface area contributed by atoms with Gasteiger partial charge < -0.3 is 0 Å². The summed E-state index contributed by atoms with van der Waals surface area (Å²) < 4.78 is 0.702. The Balaban J connectivity index is 3.46. The first kappa shape index (κ1) is 10.8. The van der Waals surface area contributed by atoms with Gasteiger partial charge in [0.25, 0.3) is 5.69 Å². The lowest BCUT2D eigenvalue weighted by Crippen LogP contribution is -2.01. The van der Waals surface area contributed by atoms with Gasteiger partial charge >= 0.3 is 0 Å². The Morgan fingerprint density at radius 1 is 1.50 bits per heavy atom. The maximum absolute atomic E-state index is 11.1. The number of nitro groups is 1. The van der Waals surface area contributed by atoms with Crippen LogP contribution in [-0.2, 0) is 0 Å². The topological polar surface area (TPSA) is 60.2 Å². The van der Waals surface area contributed by atoms with Gasteiger partial charge in [-0.15, -0.1) is 0 Å². The third-order valence-corrected chi connectivity index (χ3v) is 2.71. The molecule has 0 aromatic heterocycles. The van der Waals surface area contributed by atoms with E-state index in [0.29, 0.717) is 4.47 Å². The van der Waals surface area contributed by atoms with E-state index in [0.717, 1.165) is 5.56 Å². The van der Waals surface area contributed by atoms with Gasteiger partial charge in [0.05, 0.1) is 10.5 Å². The van der Waals surface area contributed by atoms with Crippen molar-refractivity contribution in [2.24, 2.45) is 0 Å². The normalized spacial score (nSPS) is 9.93. The fraction of sp³-hybridized carbons (Fsp3) is 0.222. The lowest BCUT2D eigenvalue weighted by molar-refractivity contribution is -0.385. The maximum Gasteiger partial charge on any atom is 0.280 e. The summed E-state index contributed by atoms with van der Waals surface area (Å²) >= 11 is 3.22. The molecule has 0 unspecified atom stereocenters. The van der Waals surface area contributed by atoms with E-state index in [4.69, 9.17) is 0 Å². The summed E-state index contributed by atoms with van der Waals surface area (Å²) in [6, 6.07) is 2.87. The molecule has 0 aliphatic heterocycles. The van der Waals surface area contributed by atoms with Gasteiger partial charge in [0, 0.05) is 10.5 Å². The fourth-order valence-electron chi connectivity index (χ4n) is 1.10. The van der Waals surface area contributed by atoms with E-state index in [1.54, 1.807) is 6.92 Å². The molecule has 0 saturated carbocycles. The number of benzene rings is 1. The summed E-state index contributed by atoms with van der Waals surface area (Å²) in [5, 5.41) is 10.6. The zero-order valence-corrected chi connectivity index (χ0v) is 9.29. The molecular weight excluding hydrogens is 250 g/mol. The first-order chi connectivity index (χ1) is 6.43. The second-order valence-corrected chi connectivity index (χ2v) is 3.79. The number of hydrogen-bond acceptors (Lipinski definition) is 3. The minimum Gasteiger partial charge on any atom is -0.294 e. The maximum atomic E-state index is 11.1. The molecule has 0 aliphatic rings. The van der Waals surface area contributed by atoms with Gasteiger partial charge in [0.1, 0.15) is 0 Å². The first-order valence-corrected chi connectivity index (χ1v) is 4.68. The lowest BCUT2D eigenvalue weighted by Gasteiger charge is -2.02. The van der Waals surface area contributed by atoms with Crippen LogP contribution in [-0.4, -0.2) is 10.7 Å². The summed E-state index contributed by atoms with van der Waals surface area (Å²) in [6.45, 7) is 3.05. The number of halogens is 1. The highest BCUT2D eigenvalue weighted by atomic mass is 79.9. The quantitative estimate of drug-likeness (QED) is 0.465. The number of rotatable bonds is 2. The third kappa shape index (κ3) is 1.98. The molecule has 0 aliphatic carbocycles. The Bertz CT molecular complexity index is 376. The molecule has 0 heterocycles. The fourth-order valence-corrected chi connectivity index (χ4v) is 1.44. The summed E-state index contributed by atoms with van der Waals surface area (Å²) in [7, 11) is 0. The average molecular weight is 258 g/mol. The number of Topliss-reactive ketones (excluding diaryl/α,β-unsaturated/α-hetero) is 1. The van der Waals surface area contributed by atoms with E-state index in [-0.39, 0.29) is 17.0 Å². The van der Waals surface area contributed by atoms with Gasteiger partial charge in [-0.05, 0) is 25.5 Å². The molecule has 0 atom stereocenters. The van der Waals surface area contributed by atoms with Crippen LogP contribution >= 0.6 is 15.9 Å². The van der Waals surface area contributed by atoms with Crippen LogP contribution in [0.1, 0.15) is 22.8 Å². The van der Waals surface area contributed by atoms with Crippen LogP contribution < -0.4 is 0 Å². The van der Waals surface area contributed by atoms with E-state index >= 15 is 0 Å². The average Bonchev–Trinajstić information content (AvgIpc) is 2.08. The number of carbonyl (C=O) groups excluding carboxylic acids is 1. The molecule has 0 spiro atoms. The summed E-state index contributed by atoms with van der Waals surface area (Å²) in [4.78, 5) is 21.2. The van der Waals surface area contributed by atoms with Crippen LogP contribution in [0, 0.1) is 17.0 Å². The van der Waals surface area contributed by atoms with Crippen LogP contribution in [0.5, 0.6) is 0 Å². The lowest BCUT2D eigenvalue weighted by atomic mass is 10.1. The van der Waals surface area contributed by atoms with Crippen LogP contribution in [0.3, 0.4) is 0 Å². The second-order valence-electron chi connectivity index (χ2n) is 2.93. The Hall–Kier alpha value is -1.23. The molecule has 0 fully saturated rings. The largest absolute Gasteiger partial charge is 0.294 e. The van der Waals surface area contributed by atoms with Crippen LogP contribution in [0.15, 0.2) is 16.6 Å². The second kappa shape index (κ2) is 3.88. The van der Waals surface area contributed by atoms with Crippen molar-refractivity contribution in [2.75, 3.05) is 0 Å². The minimum atomic E-state index is -0.545. The summed E-state index contributed by atoms with van der Waals surface area (Å²) in [6.07, 6.45) is 0. The van der Waals surface area contributed by atoms with E-state index in [2.05, 4.69) is 15.9 Å². The van der Waals surface area contributed by atoms with Gasteiger partial charge in [-0.1, -0.05) is 15.9 Å². The van der Waals surface area contributed by atoms with Crippen LogP contribution in [0.4, 0.5) is 5.69 Å². The standard InChI is InChI=1S/C9H8BrNO3/c1-5-3-9(11(13)14)7(6(2)12)4-8(5)10/h3-4H,1-2H3. The molecule has 1 aromatic rings. The van der Waals surface area contributed by atoms with Crippen LogP contribution in [0.25, 0.3) is 0 Å². The highest BCUT2D eigenvalue weighted by molar-refractivity contribution is 9.10. The van der Waals surface area contributed by atoms with Crippen molar-refractivity contribution in [2.45, 2.75) is 13.8 Å². The third-order valence-electron chi connectivity index (χ3n) is 1.85. The number of nitro benzene ring substituents is 1. The molecule has 0 N–H and O–H groups in total. The van der Waals surface area contributed by atoms with Crippen molar-refractivity contribution in [3.8, 4) is 0 Å². The molecule has 14 heavy (non-hydrogen) atoms. The SMILES string of the molecule is CC(=O)c1cc(Br)c(C)cc1[N+](=O)[O-]. The number of hydrogen-bond donors (Lipinski definition) is 0. The Morgan fingerprint density at radius 2 is 2.07 bits per heavy atom. The van der Waals surface area contributed by atoms with E-state index in [1.807, 2.05) is 0 Å². The Labute approximate surface area is 89.2 Å². The molecule has 0 radical (unpaired) electrons. The van der Waals surface area contributed by atoms with Crippen molar-refractivity contribution in [1.82, 2.24) is 0 Å². The van der Waals surface area contributed by atoms with E-state index < -0.39 is 4.92 Å². The van der Waals surface area contributed by atoms with Crippen LogP contribution in [0.2, 0.25) is 0 Å².